The Balaban J connectivity index is 1.68. The van der Waals surface area contributed by atoms with E-state index in [1.807, 2.05) is 18.2 Å². The van der Waals surface area contributed by atoms with Crippen LogP contribution in [-0.4, -0.2) is 17.4 Å². The van der Waals surface area contributed by atoms with Gasteiger partial charge in [0, 0.05) is 30.8 Å². The number of pyridine rings is 1. The van der Waals surface area contributed by atoms with Gasteiger partial charge in [0.2, 0.25) is 5.91 Å². The molecular weight excluding hydrogens is 274 g/mol. The zero-order chi connectivity index (χ0) is 13.9. The number of anilines is 2. The second kappa shape index (κ2) is 5.51. The van der Waals surface area contributed by atoms with Crippen molar-refractivity contribution in [1.82, 2.24) is 4.98 Å². The molecule has 0 radical (unpaired) electrons. The first-order valence-electron chi connectivity index (χ1n) is 6.47. The smallest absolute Gasteiger partial charge is 0.226 e. The van der Waals surface area contributed by atoms with Gasteiger partial charge in [-0.05, 0) is 23.8 Å². The van der Waals surface area contributed by atoms with Crippen LogP contribution in [0.2, 0.25) is 5.02 Å². The molecule has 1 atom stereocenters. The van der Waals surface area contributed by atoms with Crippen molar-refractivity contribution in [2.24, 2.45) is 0 Å². The number of nitrogens with zero attached hydrogens (tertiary/aromatic N) is 1. The minimum atomic E-state index is -0.0749. The van der Waals surface area contributed by atoms with Gasteiger partial charge in [0.25, 0.3) is 0 Å². The molecule has 1 aromatic heterocycles. The third-order valence-electron chi connectivity index (χ3n) is 3.39. The van der Waals surface area contributed by atoms with Gasteiger partial charge in [-0.1, -0.05) is 29.8 Å². The van der Waals surface area contributed by atoms with E-state index in [1.54, 1.807) is 18.3 Å². The van der Waals surface area contributed by atoms with E-state index in [4.69, 9.17) is 11.6 Å². The van der Waals surface area contributed by atoms with Crippen LogP contribution < -0.4 is 10.6 Å². The molecule has 0 saturated heterocycles. The van der Waals surface area contributed by atoms with Crippen LogP contribution in [0.5, 0.6) is 0 Å². The number of carbonyl (C=O) groups is 1. The SMILES string of the molecule is O=C(CC1CNc2ccccc21)Nc1ncccc1Cl. The average molecular weight is 288 g/mol. The molecule has 1 unspecified atom stereocenters. The number of hydrogen-bond donors (Lipinski definition) is 2. The van der Waals surface area contributed by atoms with Crippen LogP contribution in [0.25, 0.3) is 0 Å². The quantitative estimate of drug-likeness (QED) is 0.911. The summed E-state index contributed by atoms with van der Waals surface area (Å²) in [5.74, 6) is 0.529. The fourth-order valence-electron chi connectivity index (χ4n) is 2.42. The summed E-state index contributed by atoms with van der Waals surface area (Å²) >= 11 is 5.98. The molecule has 20 heavy (non-hydrogen) atoms. The van der Waals surface area contributed by atoms with Gasteiger partial charge in [-0.15, -0.1) is 0 Å². The molecule has 1 aliphatic heterocycles. The van der Waals surface area contributed by atoms with Gasteiger partial charge < -0.3 is 10.6 Å². The van der Waals surface area contributed by atoms with E-state index in [-0.39, 0.29) is 11.8 Å². The fourth-order valence-corrected chi connectivity index (χ4v) is 2.59. The van der Waals surface area contributed by atoms with Crippen molar-refractivity contribution in [3.8, 4) is 0 Å². The zero-order valence-electron chi connectivity index (χ0n) is 10.8. The van der Waals surface area contributed by atoms with E-state index < -0.39 is 0 Å². The Hall–Kier alpha value is -2.07. The van der Waals surface area contributed by atoms with E-state index in [2.05, 4.69) is 21.7 Å². The number of hydrogen-bond acceptors (Lipinski definition) is 3. The zero-order valence-corrected chi connectivity index (χ0v) is 11.5. The number of fused-ring (bicyclic) bond motifs is 1. The summed E-state index contributed by atoms with van der Waals surface area (Å²) in [5.41, 5.74) is 2.30. The second-order valence-corrected chi connectivity index (χ2v) is 5.16. The molecule has 1 aliphatic rings. The normalized spacial score (nSPS) is 16.4. The lowest BCUT2D eigenvalue weighted by Crippen LogP contribution is -2.17. The highest BCUT2D eigenvalue weighted by Crippen LogP contribution is 2.33. The number of rotatable bonds is 3. The number of benzene rings is 1. The lowest BCUT2D eigenvalue weighted by molar-refractivity contribution is -0.116. The standard InChI is InChI=1S/C15H14ClN3O/c16-12-5-3-7-17-15(12)19-14(20)8-10-9-18-13-6-2-1-4-11(10)13/h1-7,10,18H,8-9H2,(H,17,19,20). The highest BCUT2D eigenvalue weighted by molar-refractivity contribution is 6.33. The highest BCUT2D eigenvalue weighted by atomic mass is 35.5. The highest BCUT2D eigenvalue weighted by Gasteiger charge is 2.24. The number of halogens is 1. The Morgan fingerprint density at radius 2 is 2.20 bits per heavy atom. The van der Waals surface area contributed by atoms with E-state index in [0.717, 1.165) is 12.2 Å². The maximum absolute atomic E-state index is 12.1. The van der Waals surface area contributed by atoms with Crippen LogP contribution in [0.4, 0.5) is 11.5 Å². The summed E-state index contributed by atoms with van der Waals surface area (Å²) in [4.78, 5) is 16.2. The van der Waals surface area contributed by atoms with Crippen molar-refractivity contribution >= 4 is 29.0 Å². The van der Waals surface area contributed by atoms with Crippen molar-refractivity contribution in [2.75, 3.05) is 17.2 Å². The molecule has 1 amide bonds. The molecule has 102 valence electrons. The van der Waals surface area contributed by atoms with E-state index in [0.29, 0.717) is 17.3 Å². The third kappa shape index (κ3) is 2.60. The number of para-hydroxylation sites is 1. The summed E-state index contributed by atoms with van der Waals surface area (Å²) in [5, 5.41) is 6.52. The molecule has 0 fully saturated rings. The number of carbonyl (C=O) groups excluding carboxylic acids is 1. The maximum atomic E-state index is 12.1. The first-order valence-corrected chi connectivity index (χ1v) is 6.85. The molecule has 2 aromatic rings. The monoisotopic (exact) mass is 287 g/mol. The first kappa shape index (κ1) is 12.9. The molecule has 1 aromatic carbocycles. The molecule has 0 saturated carbocycles. The van der Waals surface area contributed by atoms with E-state index >= 15 is 0 Å². The molecule has 3 rings (SSSR count). The lowest BCUT2D eigenvalue weighted by Gasteiger charge is -2.10. The third-order valence-corrected chi connectivity index (χ3v) is 3.69. The van der Waals surface area contributed by atoms with Gasteiger partial charge in [-0.25, -0.2) is 4.98 Å². The summed E-state index contributed by atoms with van der Waals surface area (Å²) in [6.07, 6.45) is 2.02. The number of nitrogens with one attached hydrogen (secondary N) is 2. The van der Waals surface area contributed by atoms with Crippen molar-refractivity contribution < 1.29 is 4.79 Å². The topological polar surface area (TPSA) is 54.0 Å². The van der Waals surface area contributed by atoms with Gasteiger partial charge in [0.15, 0.2) is 5.82 Å². The van der Waals surface area contributed by atoms with Gasteiger partial charge in [-0.2, -0.15) is 0 Å². The predicted octanol–water partition coefficient (Wildman–Crippen LogP) is 3.27. The minimum absolute atomic E-state index is 0.0749. The molecule has 0 aliphatic carbocycles. The Bertz CT molecular complexity index is 645. The fraction of sp³-hybridized carbons (Fsp3) is 0.200. The van der Waals surface area contributed by atoms with E-state index in [9.17, 15) is 4.79 Å². The Labute approximate surface area is 122 Å². The summed E-state index contributed by atoms with van der Waals surface area (Å²) in [6, 6.07) is 11.5. The second-order valence-electron chi connectivity index (χ2n) is 4.75. The average Bonchev–Trinajstić information content (AvgIpc) is 2.85. The van der Waals surface area contributed by atoms with Crippen molar-refractivity contribution in [2.45, 2.75) is 12.3 Å². The first-order chi connectivity index (χ1) is 9.74. The van der Waals surface area contributed by atoms with Gasteiger partial charge in [0.05, 0.1) is 5.02 Å². The lowest BCUT2D eigenvalue weighted by atomic mass is 9.97. The molecule has 4 nitrogen and oxygen atoms in total. The summed E-state index contributed by atoms with van der Waals surface area (Å²) in [7, 11) is 0. The van der Waals surface area contributed by atoms with Crippen LogP contribution in [0.3, 0.4) is 0 Å². The van der Waals surface area contributed by atoms with Crippen molar-refractivity contribution in [1.29, 1.82) is 0 Å². The number of aromatic nitrogens is 1. The van der Waals surface area contributed by atoms with Crippen LogP contribution >= 0.6 is 11.6 Å². The molecular formula is C15H14ClN3O. The maximum Gasteiger partial charge on any atom is 0.226 e. The molecule has 2 N–H and O–H groups in total. The van der Waals surface area contributed by atoms with Crippen LogP contribution in [-0.2, 0) is 4.79 Å². The van der Waals surface area contributed by atoms with Gasteiger partial charge >= 0.3 is 0 Å². The Morgan fingerprint density at radius 1 is 1.35 bits per heavy atom. The van der Waals surface area contributed by atoms with Crippen LogP contribution in [0.1, 0.15) is 17.9 Å². The molecule has 5 heteroatoms. The van der Waals surface area contributed by atoms with Crippen LogP contribution in [0.15, 0.2) is 42.6 Å². The van der Waals surface area contributed by atoms with Gasteiger partial charge in [0.1, 0.15) is 0 Å². The predicted molar refractivity (Wildman–Crippen MR) is 80.2 cm³/mol. The molecule has 0 bridgehead atoms. The van der Waals surface area contributed by atoms with Crippen LogP contribution in [0, 0.1) is 0 Å². The Morgan fingerprint density at radius 3 is 3.05 bits per heavy atom. The van der Waals surface area contributed by atoms with E-state index in [1.165, 1.54) is 5.56 Å². The van der Waals surface area contributed by atoms with Crippen molar-refractivity contribution in [3.63, 3.8) is 0 Å². The summed E-state index contributed by atoms with van der Waals surface area (Å²) < 4.78 is 0. The van der Waals surface area contributed by atoms with Gasteiger partial charge in [-0.3, -0.25) is 4.79 Å². The largest absolute Gasteiger partial charge is 0.384 e. The molecule has 2 heterocycles. The molecule has 0 spiro atoms. The minimum Gasteiger partial charge on any atom is -0.384 e. The number of amides is 1. The Kier molecular flexibility index (Phi) is 3.56. The van der Waals surface area contributed by atoms with Crippen molar-refractivity contribution in [3.05, 3.63) is 53.2 Å². The summed E-state index contributed by atoms with van der Waals surface area (Å²) in [6.45, 7) is 0.780.